The average molecular weight is 435 g/mol. The molecule has 0 saturated carbocycles. The summed E-state index contributed by atoms with van der Waals surface area (Å²) in [6.45, 7) is 3.55. The number of piperazine rings is 1. The van der Waals surface area contributed by atoms with Crippen LogP contribution in [0.2, 0.25) is 0 Å². The first-order valence-corrected chi connectivity index (χ1v) is 11.4. The molecule has 0 atom stereocenters. The third-order valence-electron chi connectivity index (χ3n) is 4.89. The minimum Gasteiger partial charge on any atom is -0.353 e. The molecule has 0 unspecified atom stereocenters. The number of benzene rings is 1. The predicted molar refractivity (Wildman–Crippen MR) is 111 cm³/mol. The molecule has 0 radical (unpaired) electrons. The van der Waals surface area contributed by atoms with E-state index < -0.39 is 14.9 Å². The Morgan fingerprint density at radius 2 is 1.83 bits per heavy atom. The molecular formula is C17H18N6O4S2. The number of hydrogen-bond acceptors (Lipinski definition) is 9. The van der Waals surface area contributed by atoms with Gasteiger partial charge in [-0.2, -0.15) is 8.68 Å². The van der Waals surface area contributed by atoms with Crippen LogP contribution in [0.1, 0.15) is 6.92 Å². The minimum absolute atomic E-state index is 0.0171. The summed E-state index contributed by atoms with van der Waals surface area (Å²) in [6, 6.07) is 6.19. The number of nitro benzene ring substituents is 1. The highest BCUT2D eigenvalue weighted by Gasteiger charge is 2.27. The number of nitrogens with zero attached hydrogens (tertiary/aromatic N) is 6. The molecule has 0 amide bonds. The summed E-state index contributed by atoms with van der Waals surface area (Å²) in [4.78, 5) is 21.2. The SMILES string of the molecule is CCS(=O)(=O)N1CCN(c2ncnc3c(-c4ccc([N+](=O)[O-])cc4)nsc23)CC1. The molecule has 152 valence electrons. The normalized spacial score (nSPS) is 15.7. The first-order chi connectivity index (χ1) is 13.9. The fourth-order valence-corrected chi connectivity index (χ4v) is 5.23. The number of non-ortho nitro benzene ring substituents is 1. The van der Waals surface area contributed by atoms with Gasteiger partial charge in [0.05, 0.1) is 10.7 Å². The lowest BCUT2D eigenvalue weighted by Gasteiger charge is -2.34. The van der Waals surface area contributed by atoms with Gasteiger partial charge in [0.1, 0.15) is 22.2 Å². The molecule has 1 saturated heterocycles. The van der Waals surface area contributed by atoms with E-state index in [1.807, 2.05) is 4.90 Å². The Bertz CT molecular complexity index is 1150. The molecule has 3 heterocycles. The zero-order valence-electron chi connectivity index (χ0n) is 15.6. The maximum absolute atomic E-state index is 12.1. The van der Waals surface area contributed by atoms with Crippen LogP contribution in [0.3, 0.4) is 0 Å². The maximum Gasteiger partial charge on any atom is 0.269 e. The molecule has 0 N–H and O–H groups in total. The van der Waals surface area contributed by atoms with Crippen molar-refractivity contribution in [3.05, 3.63) is 40.7 Å². The van der Waals surface area contributed by atoms with E-state index in [1.165, 1.54) is 34.3 Å². The molecule has 0 spiro atoms. The third-order valence-corrected chi connectivity index (χ3v) is 7.60. The van der Waals surface area contributed by atoms with E-state index in [-0.39, 0.29) is 11.4 Å². The van der Waals surface area contributed by atoms with E-state index >= 15 is 0 Å². The minimum atomic E-state index is -3.19. The Morgan fingerprint density at radius 3 is 2.45 bits per heavy atom. The molecule has 12 heteroatoms. The molecule has 1 aromatic carbocycles. The molecule has 3 aromatic rings. The molecular weight excluding hydrogens is 416 g/mol. The van der Waals surface area contributed by atoms with Gasteiger partial charge < -0.3 is 4.90 Å². The number of rotatable bonds is 5. The van der Waals surface area contributed by atoms with Gasteiger partial charge in [0.25, 0.3) is 5.69 Å². The summed E-state index contributed by atoms with van der Waals surface area (Å²) in [7, 11) is -3.19. The summed E-state index contributed by atoms with van der Waals surface area (Å²) in [5.74, 6) is 0.826. The largest absolute Gasteiger partial charge is 0.353 e. The van der Waals surface area contributed by atoms with Gasteiger partial charge >= 0.3 is 0 Å². The zero-order valence-corrected chi connectivity index (χ0v) is 17.2. The van der Waals surface area contributed by atoms with E-state index in [0.29, 0.717) is 37.4 Å². The molecule has 1 aliphatic heterocycles. The van der Waals surface area contributed by atoms with Crippen molar-refractivity contribution >= 4 is 43.3 Å². The van der Waals surface area contributed by atoms with Gasteiger partial charge in [-0.05, 0) is 30.6 Å². The van der Waals surface area contributed by atoms with Crippen molar-refractivity contribution in [2.45, 2.75) is 6.92 Å². The van der Waals surface area contributed by atoms with Crippen molar-refractivity contribution in [1.82, 2.24) is 18.6 Å². The second-order valence-corrected chi connectivity index (χ2v) is 9.53. The molecule has 2 aromatic heterocycles. The Kier molecular flexibility index (Phi) is 5.15. The monoisotopic (exact) mass is 434 g/mol. The lowest BCUT2D eigenvalue weighted by atomic mass is 10.1. The van der Waals surface area contributed by atoms with E-state index in [1.54, 1.807) is 19.1 Å². The average Bonchev–Trinajstić information content (AvgIpc) is 3.18. The Morgan fingerprint density at radius 1 is 1.14 bits per heavy atom. The summed E-state index contributed by atoms with van der Waals surface area (Å²) < 4.78 is 31.0. The van der Waals surface area contributed by atoms with E-state index in [9.17, 15) is 18.5 Å². The van der Waals surface area contributed by atoms with Crippen molar-refractivity contribution in [2.75, 3.05) is 36.8 Å². The van der Waals surface area contributed by atoms with Crippen LogP contribution in [0.25, 0.3) is 21.5 Å². The topological polar surface area (TPSA) is 122 Å². The highest BCUT2D eigenvalue weighted by atomic mass is 32.2. The second-order valence-electron chi connectivity index (χ2n) is 6.50. The van der Waals surface area contributed by atoms with E-state index in [4.69, 9.17) is 0 Å². The Hall–Kier alpha value is -2.70. The first-order valence-electron chi connectivity index (χ1n) is 8.98. The smallest absolute Gasteiger partial charge is 0.269 e. The summed E-state index contributed by atoms with van der Waals surface area (Å²) in [5, 5.41) is 10.9. The van der Waals surface area contributed by atoms with Crippen molar-refractivity contribution in [3.63, 3.8) is 0 Å². The highest BCUT2D eigenvalue weighted by molar-refractivity contribution is 7.89. The van der Waals surface area contributed by atoms with Crippen molar-refractivity contribution in [1.29, 1.82) is 0 Å². The van der Waals surface area contributed by atoms with Crippen LogP contribution in [0, 0.1) is 10.1 Å². The van der Waals surface area contributed by atoms with Crippen LogP contribution in [-0.2, 0) is 10.0 Å². The zero-order chi connectivity index (χ0) is 20.6. The Balaban J connectivity index is 1.62. The lowest BCUT2D eigenvalue weighted by Crippen LogP contribution is -2.49. The first kappa shape index (κ1) is 19.6. The van der Waals surface area contributed by atoms with Crippen LogP contribution < -0.4 is 4.90 Å². The van der Waals surface area contributed by atoms with Crippen LogP contribution in [0.15, 0.2) is 30.6 Å². The fraction of sp³-hybridized carbons (Fsp3) is 0.353. The van der Waals surface area contributed by atoms with Gasteiger partial charge in [0.2, 0.25) is 10.0 Å². The molecule has 0 bridgehead atoms. The van der Waals surface area contributed by atoms with Gasteiger partial charge in [0, 0.05) is 43.9 Å². The van der Waals surface area contributed by atoms with E-state index in [0.717, 1.165) is 16.1 Å². The summed E-state index contributed by atoms with van der Waals surface area (Å²) in [6.07, 6.45) is 1.47. The predicted octanol–water partition coefficient (Wildman–Crippen LogP) is 2.13. The molecule has 1 fully saturated rings. The van der Waals surface area contributed by atoms with Gasteiger partial charge in [-0.1, -0.05) is 0 Å². The number of anilines is 1. The van der Waals surface area contributed by atoms with Gasteiger partial charge in [-0.25, -0.2) is 18.4 Å². The van der Waals surface area contributed by atoms with Crippen LogP contribution in [0.4, 0.5) is 11.5 Å². The lowest BCUT2D eigenvalue weighted by molar-refractivity contribution is -0.384. The molecule has 4 rings (SSSR count). The van der Waals surface area contributed by atoms with Crippen LogP contribution >= 0.6 is 11.5 Å². The van der Waals surface area contributed by atoms with Gasteiger partial charge in [-0.3, -0.25) is 10.1 Å². The number of sulfonamides is 1. The van der Waals surface area contributed by atoms with E-state index in [2.05, 4.69) is 14.3 Å². The standard InChI is InChI=1S/C17H18N6O4S2/c1-2-29(26,27)22-9-7-21(8-10-22)17-16-15(18-11-19-17)14(20-28-16)12-3-5-13(6-4-12)23(24)25/h3-6,11H,2,7-10H2,1H3. The van der Waals surface area contributed by atoms with Crippen molar-refractivity contribution < 1.29 is 13.3 Å². The molecule has 29 heavy (non-hydrogen) atoms. The highest BCUT2D eigenvalue weighted by Crippen LogP contribution is 2.35. The third kappa shape index (κ3) is 3.66. The summed E-state index contributed by atoms with van der Waals surface area (Å²) >= 11 is 1.27. The summed E-state index contributed by atoms with van der Waals surface area (Å²) in [5.41, 5.74) is 2.09. The fourth-order valence-electron chi connectivity index (χ4n) is 3.27. The van der Waals surface area contributed by atoms with Crippen LogP contribution in [0.5, 0.6) is 0 Å². The maximum atomic E-state index is 12.1. The number of hydrogen-bond donors (Lipinski definition) is 0. The van der Waals surface area contributed by atoms with Gasteiger partial charge in [0.15, 0.2) is 5.82 Å². The van der Waals surface area contributed by atoms with Crippen molar-refractivity contribution in [3.8, 4) is 11.3 Å². The Labute approximate surface area is 171 Å². The number of nitro groups is 1. The number of aromatic nitrogens is 3. The molecule has 1 aliphatic rings. The van der Waals surface area contributed by atoms with Crippen molar-refractivity contribution in [2.24, 2.45) is 0 Å². The van der Waals surface area contributed by atoms with Crippen LogP contribution in [-0.4, -0.2) is 63.9 Å². The molecule has 10 nitrogen and oxygen atoms in total. The number of fused-ring (bicyclic) bond motifs is 1. The quantitative estimate of drug-likeness (QED) is 0.442. The second kappa shape index (κ2) is 7.61. The molecule has 0 aliphatic carbocycles. The van der Waals surface area contributed by atoms with Gasteiger partial charge in [-0.15, -0.1) is 0 Å².